The van der Waals surface area contributed by atoms with Gasteiger partial charge in [-0.3, -0.25) is 4.98 Å². The van der Waals surface area contributed by atoms with Crippen LogP contribution in [-0.4, -0.2) is 30.2 Å². The molecule has 1 aliphatic heterocycles. The number of rotatable bonds is 2. The van der Waals surface area contributed by atoms with E-state index < -0.39 is 0 Å². The Hall–Kier alpha value is -1.61. The molecule has 0 saturated carbocycles. The molecule has 2 heterocycles. The third-order valence-electron chi connectivity index (χ3n) is 4.29. The minimum atomic E-state index is 0.525. The first-order chi connectivity index (χ1) is 9.66. The molecule has 1 aromatic carbocycles. The lowest BCUT2D eigenvalue weighted by Crippen LogP contribution is -2.57. The summed E-state index contributed by atoms with van der Waals surface area (Å²) < 4.78 is 0. The molecule has 1 aromatic heterocycles. The summed E-state index contributed by atoms with van der Waals surface area (Å²) in [5.41, 5.74) is 1.32. The molecule has 3 nitrogen and oxygen atoms in total. The molecule has 0 aliphatic carbocycles. The van der Waals surface area contributed by atoms with Crippen LogP contribution >= 0.6 is 0 Å². The predicted molar refractivity (Wildman–Crippen MR) is 85.2 cm³/mol. The lowest BCUT2D eigenvalue weighted by Gasteiger charge is -2.43. The van der Waals surface area contributed by atoms with Crippen LogP contribution in [0.5, 0.6) is 0 Å². The third kappa shape index (κ3) is 2.38. The maximum absolute atomic E-state index is 4.31. The van der Waals surface area contributed by atoms with Crippen LogP contribution in [0.1, 0.15) is 20.8 Å². The van der Waals surface area contributed by atoms with Gasteiger partial charge in [0.05, 0.1) is 0 Å². The quantitative estimate of drug-likeness (QED) is 0.908. The van der Waals surface area contributed by atoms with Gasteiger partial charge in [0, 0.05) is 48.6 Å². The molecule has 1 fully saturated rings. The summed E-state index contributed by atoms with van der Waals surface area (Å²) in [6.07, 6.45) is 3.86. The second-order valence-corrected chi connectivity index (χ2v) is 6.15. The van der Waals surface area contributed by atoms with Gasteiger partial charge in [-0.15, -0.1) is 0 Å². The number of aromatic nitrogens is 1. The standard InChI is InChI=1S/C17H23N3/c1-12(2)17-10-19-13(3)11-20(17)16-6-4-5-14-7-8-18-9-15(14)16/h4-9,12-13,17,19H,10-11H2,1-3H3. The van der Waals surface area contributed by atoms with Gasteiger partial charge in [0.2, 0.25) is 0 Å². The third-order valence-corrected chi connectivity index (χ3v) is 4.29. The zero-order valence-electron chi connectivity index (χ0n) is 12.5. The van der Waals surface area contributed by atoms with Crippen LogP contribution < -0.4 is 10.2 Å². The van der Waals surface area contributed by atoms with E-state index in [1.165, 1.54) is 16.5 Å². The summed E-state index contributed by atoms with van der Waals surface area (Å²) in [6, 6.07) is 9.71. The van der Waals surface area contributed by atoms with E-state index in [4.69, 9.17) is 0 Å². The summed E-state index contributed by atoms with van der Waals surface area (Å²) in [5.74, 6) is 0.627. The van der Waals surface area contributed by atoms with E-state index in [9.17, 15) is 0 Å². The van der Waals surface area contributed by atoms with E-state index >= 15 is 0 Å². The fourth-order valence-corrected chi connectivity index (χ4v) is 3.15. The Kier molecular flexibility index (Phi) is 3.62. The Morgan fingerprint density at radius 1 is 1.30 bits per heavy atom. The van der Waals surface area contributed by atoms with E-state index in [0.717, 1.165) is 13.1 Å². The Labute approximate surface area is 121 Å². The van der Waals surface area contributed by atoms with Gasteiger partial charge < -0.3 is 10.2 Å². The summed E-state index contributed by atoms with van der Waals surface area (Å²) in [4.78, 5) is 6.88. The smallest absolute Gasteiger partial charge is 0.0465 e. The van der Waals surface area contributed by atoms with Crippen molar-refractivity contribution in [1.29, 1.82) is 0 Å². The number of nitrogens with one attached hydrogen (secondary N) is 1. The number of nitrogens with zero attached hydrogens (tertiary/aromatic N) is 2. The number of pyridine rings is 1. The van der Waals surface area contributed by atoms with Crippen LogP contribution in [0.15, 0.2) is 36.7 Å². The molecule has 0 bridgehead atoms. The Morgan fingerprint density at radius 2 is 2.15 bits per heavy atom. The Bertz CT molecular complexity index is 588. The molecule has 2 aromatic rings. The van der Waals surface area contributed by atoms with Gasteiger partial charge in [0.1, 0.15) is 0 Å². The lowest BCUT2D eigenvalue weighted by atomic mass is 9.97. The van der Waals surface area contributed by atoms with Crippen LogP contribution in [0.2, 0.25) is 0 Å². The second kappa shape index (κ2) is 5.41. The van der Waals surface area contributed by atoms with Gasteiger partial charge in [0.15, 0.2) is 0 Å². The molecule has 3 rings (SSSR count). The van der Waals surface area contributed by atoms with E-state index in [1.54, 1.807) is 0 Å². The minimum absolute atomic E-state index is 0.525. The van der Waals surface area contributed by atoms with Crippen molar-refractivity contribution in [1.82, 2.24) is 10.3 Å². The number of fused-ring (bicyclic) bond motifs is 1. The van der Waals surface area contributed by atoms with Crippen LogP contribution in [0, 0.1) is 5.92 Å². The monoisotopic (exact) mass is 269 g/mol. The molecule has 0 radical (unpaired) electrons. The van der Waals surface area contributed by atoms with Crippen molar-refractivity contribution in [3.8, 4) is 0 Å². The van der Waals surface area contributed by atoms with Gasteiger partial charge in [-0.25, -0.2) is 0 Å². The highest BCUT2D eigenvalue weighted by Gasteiger charge is 2.29. The van der Waals surface area contributed by atoms with Crippen LogP contribution in [-0.2, 0) is 0 Å². The fraction of sp³-hybridized carbons (Fsp3) is 0.471. The second-order valence-electron chi connectivity index (χ2n) is 6.15. The molecule has 2 atom stereocenters. The first kappa shape index (κ1) is 13.4. The van der Waals surface area contributed by atoms with Gasteiger partial charge in [-0.2, -0.15) is 0 Å². The molecule has 3 heteroatoms. The van der Waals surface area contributed by atoms with Gasteiger partial charge in [0.25, 0.3) is 0 Å². The summed E-state index contributed by atoms with van der Waals surface area (Å²) in [5, 5.41) is 6.13. The number of piperazine rings is 1. The number of hydrogen-bond donors (Lipinski definition) is 1. The topological polar surface area (TPSA) is 28.2 Å². The fourth-order valence-electron chi connectivity index (χ4n) is 3.15. The van der Waals surface area contributed by atoms with Crippen LogP contribution in [0.4, 0.5) is 5.69 Å². The van der Waals surface area contributed by atoms with Crippen molar-refractivity contribution in [3.05, 3.63) is 36.7 Å². The Morgan fingerprint density at radius 3 is 2.95 bits per heavy atom. The number of benzene rings is 1. The normalized spacial score (nSPS) is 23.5. The van der Waals surface area contributed by atoms with Gasteiger partial charge in [-0.05, 0) is 30.4 Å². The largest absolute Gasteiger partial charge is 0.365 e. The van der Waals surface area contributed by atoms with E-state index in [1.807, 2.05) is 12.4 Å². The van der Waals surface area contributed by atoms with Crippen LogP contribution in [0.3, 0.4) is 0 Å². The predicted octanol–water partition coefficient (Wildman–Crippen LogP) is 3.06. The highest BCUT2D eigenvalue weighted by Crippen LogP contribution is 2.30. The summed E-state index contributed by atoms with van der Waals surface area (Å²) >= 11 is 0. The molecule has 1 aliphatic rings. The van der Waals surface area contributed by atoms with Gasteiger partial charge >= 0.3 is 0 Å². The minimum Gasteiger partial charge on any atom is -0.365 e. The molecular weight excluding hydrogens is 246 g/mol. The lowest BCUT2D eigenvalue weighted by molar-refractivity contribution is 0.350. The van der Waals surface area contributed by atoms with Crippen molar-refractivity contribution in [3.63, 3.8) is 0 Å². The molecule has 1 saturated heterocycles. The highest BCUT2D eigenvalue weighted by molar-refractivity contribution is 5.93. The summed E-state index contributed by atoms with van der Waals surface area (Å²) in [7, 11) is 0. The Balaban J connectivity index is 2.07. The van der Waals surface area contributed by atoms with Crippen molar-refractivity contribution >= 4 is 16.5 Å². The average molecular weight is 269 g/mol. The van der Waals surface area contributed by atoms with Crippen molar-refractivity contribution < 1.29 is 0 Å². The zero-order chi connectivity index (χ0) is 14.1. The first-order valence-corrected chi connectivity index (χ1v) is 7.49. The SMILES string of the molecule is CC1CN(c2cccc3ccncc23)C(C(C)C)CN1. The van der Waals surface area contributed by atoms with Crippen LogP contribution in [0.25, 0.3) is 10.8 Å². The van der Waals surface area contributed by atoms with Crippen molar-refractivity contribution in [2.24, 2.45) is 5.92 Å². The molecule has 2 unspecified atom stereocenters. The molecule has 106 valence electrons. The van der Waals surface area contributed by atoms with Crippen molar-refractivity contribution in [2.75, 3.05) is 18.0 Å². The van der Waals surface area contributed by atoms with Gasteiger partial charge in [-0.1, -0.05) is 26.0 Å². The molecular formula is C17H23N3. The molecule has 0 amide bonds. The maximum Gasteiger partial charge on any atom is 0.0465 e. The van der Waals surface area contributed by atoms with Crippen molar-refractivity contribution in [2.45, 2.75) is 32.9 Å². The first-order valence-electron chi connectivity index (χ1n) is 7.49. The number of hydrogen-bond acceptors (Lipinski definition) is 3. The van der Waals surface area contributed by atoms with E-state index in [-0.39, 0.29) is 0 Å². The van der Waals surface area contributed by atoms with E-state index in [0.29, 0.717) is 18.0 Å². The summed E-state index contributed by atoms with van der Waals surface area (Å²) in [6.45, 7) is 8.97. The number of anilines is 1. The highest BCUT2D eigenvalue weighted by atomic mass is 15.2. The molecule has 0 spiro atoms. The maximum atomic E-state index is 4.31. The average Bonchev–Trinajstić information content (AvgIpc) is 2.46. The molecule has 1 N–H and O–H groups in total. The molecule has 20 heavy (non-hydrogen) atoms. The van der Waals surface area contributed by atoms with E-state index in [2.05, 4.69) is 60.2 Å². The zero-order valence-corrected chi connectivity index (χ0v) is 12.5.